The van der Waals surface area contributed by atoms with E-state index in [2.05, 4.69) is 14.8 Å². The number of aliphatic hydroxyl groups is 1. The van der Waals surface area contributed by atoms with Crippen molar-refractivity contribution >= 4 is 16.7 Å². The maximum atomic E-state index is 11.7. The van der Waals surface area contributed by atoms with Crippen LogP contribution in [0, 0.1) is 0 Å². The van der Waals surface area contributed by atoms with E-state index in [9.17, 15) is 9.90 Å². The standard InChI is InChI=1S/C21H23N3O4/c25-17(14-23-9-11-24(12-10-23)16-5-7-22-8-6-16)15-27-20-13-21(26)28-19-4-2-1-3-18(19)20/h1-8,13,17,25H,9-12,14-15H2/t17-/m1/s1. The number of nitrogens with zero attached hydrogens (tertiary/aromatic N) is 3. The van der Waals surface area contributed by atoms with Crippen molar-refractivity contribution in [2.75, 3.05) is 44.2 Å². The minimum atomic E-state index is -0.640. The summed E-state index contributed by atoms with van der Waals surface area (Å²) in [6.07, 6.45) is 2.96. The van der Waals surface area contributed by atoms with Gasteiger partial charge in [-0.15, -0.1) is 0 Å². The smallest absolute Gasteiger partial charge is 0.339 e. The molecule has 7 nitrogen and oxygen atoms in total. The highest BCUT2D eigenvalue weighted by atomic mass is 16.5. The largest absolute Gasteiger partial charge is 0.490 e. The lowest BCUT2D eigenvalue weighted by Crippen LogP contribution is -2.49. The van der Waals surface area contributed by atoms with E-state index < -0.39 is 11.7 Å². The minimum absolute atomic E-state index is 0.123. The highest BCUT2D eigenvalue weighted by molar-refractivity contribution is 5.82. The molecule has 1 saturated heterocycles. The molecule has 2 aromatic heterocycles. The molecule has 0 unspecified atom stereocenters. The first-order valence-corrected chi connectivity index (χ1v) is 9.40. The lowest BCUT2D eigenvalue weighted by atomic mass is 10.2. The predicted octanol–water partition coefficient (Wildman–Crippen LogP) is 1.75. The van der Waals surface area contributed by atoms with Gasteiger partial charge in [0.2, 0.25) is 0 Å². The van der Waals surface area contributed by atoms with Crippen LogP contribution >= 0.6 is 0 Å². The maximum absolute atomic E-state index is 11.7. The molecule has 1 N–H and O–H groups in total. The van der Waals surface area contributed by atoms with Gasteiger partial charge in [-0.1, -0.05) is 12.1 Å². The van der Waals surface area contributed by atoms with Crippen LogP contribution in [0.3, 0.4) is 0 Å². The third-order valence-electron chi connectivity index (χ3n) is 4.91. The molecule has 0 radical (unpaired) electrons. The molecule has 0 amide bonds. The lowest BCUT2D eigenvalue weighted by Gasteiger charge is -2.36. The summed E-state index contributed by atoms with van der Waals surface area (Å²) in [4.78, 5) is 20.3. The van der Waals surface area contributed by atoms with Gasteiger partial charge in [0.25, 0.3) is 0 Å². The van der Waals surface area contributed by atoms with Crippen molar-refractivity contribution in [1.82, 2.24) is 9.88 Å². The topological polar surface area (TPSA) is 79.0 Å². The summed E-state index contributed by atoms with van der Waals surface area (Å²) in [7, 11) is 0. The minimum Gasteiger partial charge on any atom is -0.490 e. The van der Waals surface area contributed by atoms with Crippen LogP contribution in [0.15, 0.2) is 64.1 Å². The summed E-state index contributed by atoms with van der Waals surface area (Å²) in [6.45, 7) is 4.21. The van der Waals surface area contributed by atoms with Crippen LogP contribution in [0.1, 0.15) is 0 Å². The second-order valence-corrected chi connectivity index (χ2v) is 6.88. The molecule has 1 aliphatic rings. The molecule has 146 valence electrons. The molecule has 1 fully saturated rings. The lowest BCUT2D eigenvalue weighted by molar-refractivity contribution is 0.0667. The fourth-order valence-electron chi connectivity index (χ4n) is 3.48. The Bertz CT molecular complexity index is 968. The highest BCUT2D eigenvalue weighted by Crippen LogP contribution is 2.23. The van der Waals surface area contributed by atoms with E-state index in [1.807, 2.05) is 24.3 Å². The van der Waals surface area contributed by atoms with Gasteiger partial charge in [0.15, 0.2) is 0 Å². The van der Waals surface area contributed by atoms with Crippen LogP contribution < -0.4 is 15.3 Å². The number of β-amino-alcohol motifs (C(OH)–C–C–N with tert-alkyl or cyclic N) is 1. The number of benzene rings is 1. The van der Waals surface area contributed by atoms with E-state index in [4.69, 9.17) is 9.15 Å². The molecule has 0 spiro atoms. The fraction of sp³-hybridized carbons (Fsp3) is 0.333. The second kappa shape index (κ2) is 8.41. The number of pyridine rings is 1. The van der Waals surface area contributed by atoms with Crippen molar-refractivity contribution in [3.8, 4) is 5.75 Å². The fourth-order valence-corrected chi connectivity index (χ4v) is 3.48. The summed E-state index contributed by atoms with van der Waals surface area (Å²) in [6, 6.07) is 12.6. The zero-order chi connectivity index (χ0) is 19.3. The molecule has 3 aromatic rings. The third-order valence-corrected chi connectivity index (χ3v) is 4.91. The molecule has 7 heteroatoms. The van der Waals surface area contributed by atoms with Crippen LogP contribution in [0.4, 0.5) is 5.69 Å². The molecule has 1 atom stereocenters. The first-order chi connectivity index (χ1) is 13.7. The van der Waals surface area contributed by atoms with Crippen LogP contribution in [-0.2, 0) is 0 Å². The molecular weight excluding hydrogens is 358 g/mol. The molecule has 3 heterocycles. The zero-order valence-electron chi connectivity index (χ0n) is 15.5. The number of anilines is 1. The van der Waals surface area contributed by atoms with Gasteiger partial charge < -0.3 is 19.2 Å². The Morgan fingerprint density at radius 2 is 1.86 bits per heavy atom. The molecule has 0 bridgehead atoms. The molecule has 1 aromatic carbocycles. The van der Waals surface area contributed by atoms with Crippen LogP contribution in [0.2, 0.25) is 0 Å². The van der Waals surface area contributed by atoms with Gasteiger partial charge in [0, 0.05) is 50.8 Å². The molecule has 0 aliphatic carbocycles. The molecule has 4 rings (SSSR count). The molecule has 28 heavy (non-hydrogen) atoms. The van der Waals surface area contributed by atoms with Gasteiger partial charge in [0.1, 0.15) is 24.0 Å². The number of para-hydroxylation sites is 1. The van der Waals surface area contributed by atoms with E-state index in [-0.39, 0.29) is 6.61 Å². The SMILES string of the molecule is O=c1cc(OC[C@H](O)CN2CCN(c3ccncc3)CC2)c2ccccc2o1. The van der Waals surface area contributed by atoms with Gasteiger partial charge in [-0.3, -0.25) is 9.88 Å². The van der Waals surface area contributed by atoms with Gasteiger partial charge in [-0.2, -0.15) is 0 Å². The van der Waals surface area contributed by atoms with Gasteiger partial charge in [0.05, 0.1) is 11.5 Å². The maximum Gasteiger partial charge on any atom is 0.339 e. The summed E-state index contributed by atoms with van der Waals surface area (Å²) >= 11 is 0. The Morgan fingerprint density at radius 1 is 1.11 bits per heavy atom. The second-order valence-electron chi connectivity index (χ2n) is 6.88. The van der Waals surface area contributed by atoms with Crippen molar-refractivity contribution in [2.24, 2.45) is 0 Å². The zero-order valence-corrected chi connectivity index (χ0v) is 15.5. The van der Waals surface area contributed by atoms with Gasteiger partial charge in [-0.25, -0.2) is 4.79 Å². The molecule has 0 saturated carbocycles. The van der Waals surface area contributed by atoms with Crippen LogP contribution in [-0.4, -0.2) is 60.4 Å². The Kier molecular flexibility index (Phi) is 5.55. The van der Waals surface area contributed by atoms with Crippen molar-refractivity contribution in [3.05, 3.63) is 65.3 Å². The van der Waals surface area contributed by atoms with Crippen LogP contribution in [0.25, 0.3) is 11.0 Å². The predicted molar refractivity (Wildman–Crippen MR) is 107 cm³/mol. The monoisotopic (exact) mass is 381 g/mol. The summed E-state index contributed by atoms with van der Waals surface area (Å²) in [5, 5.41) is 11.1. The van der Waals surface area contributed by atoms with Crippen molar-refractivity contribution in [3.63, 3.8) is 0 Å². The number of aromatic nitrogens is 1. The molecular formula is C21H23N3O4. The Morgan fingerprint density at radius 3 is 2.64 bits per heavy atom. The Balaban J connectivity index is 1.30. The average molecular weight is 381 g/mol. The van der Waals surface area contributed by atoms with Gasteiger partial charge >= 0.3 is 5.63 Å². The van der Waals surface area contributed by atoms with E-state index in [1.165, 1.54) is 11.8 Å². The Labute approximate surface area is 162 Å². The summed E-state index contributed by atoms with van der Waals surface area (Å²) in [5.74, 6) is 0.438. The normalized spacial score (nSPS) is 16.2. The number of ether oxygens (including phenoxy) is 1. The quantitative estimate of drug-likeness (QED) is 0.652. The number of fused-ring (bicyclic) bond motifs is 1. The first-order valence-electron chi connectivity index (χ1n) is 9.40. The number of hydrogen-bond donors (Lipinski definition) is 1. The van der Waals surface area contributed by atoms with E-state index in [0.717, 1.165) is 31.6 Å². The van der Waals surface area contributed by atoms with E-state index in [0.29, 0.717) is 17.9 Å². The first kappa shape index (κ1) is 18.5. The van der Waals surface area contributed by atoms with Crippen molar-refractivity contribution in [2.45, 2.75) is 6.10 Å². The van der Waals surface area contributed by atoms with Gasteiger partial charge in [-0.05, 0) is 24.3 Å². The number of rotatable bonds is 6. The Hall–Kier alpha value is -2.90. The number of aliphatic hydroxyl groups excluding tert-OH is 1. The van der Waals surface area contributed by atoms with Crippen molar-refractivity contribution < 1.29 is 14.3 Å². The van der Waals surface area contributed by atoms with E-state index >= 15 is 0 Å². The summed E-state index contributed by atoms with van der Waals surface area (Å²) in [5.41, 5.74) is 1.19. The van der Waals surface area contributed by atoms with Crippen molar-refractivity contribution in [1.29, 1.82) is 0 Å². The molecule has 1 aliphatic heterocycles. The number of piperazine rings is 1. The third kappa shape index (κ3) is 4.32. The van der Waals surface area contributed by atoms with E-state index in [1.54, 1.807) is 24.5 Å². The number of hydrogen-bond acceptors (Lipinski definition) is 7. The summed E-state index contributed by atoms with van der Waals surface area (Å²) < 4.78 is 10.9. The van der Waals surface area contributed by atoms with Crippen LogP contribution in [0.5, 0.6) is 5.75 Å². The highest BCUT2D eigenvalue weighted by Gasteiger charge is 2.20. The average Bonchev–Trinajstić information content (AvgIpc) is 2.73.